The van der Waals surface area contributed by atoms with Crippen LogP contribution in [0, 0.1) is 0 Å². The third kappa shape index (κ3) is 2.68. The molecule has 0 bridgehead atoms. The van der Waals surface area contributed by atoms with E-state index in [2.05, 4.69) is 36.4 Å². The first kappa shape index (κ1) is 12.3. The zero-order valence-corrected chi connectivity index (χ0v) is 12.7. The van der Waals surface area contributed by atoms with Gasteiger partial charge in [0.05, 0.1) is 0 Å². The quantitative estimate of drug-likeness (QED) is 0.544. The molecule has 3 heteroatoms. The predicted octanol–water partition coefficient (Wildman–Crippen LogP) is 3.24. The topological polar surface area (TPSA) is 52.0 Å². The van der Waals surface area contributed by atoms with Crippen LogP contribution in [0.15, 0.2) is 60.7 Å². The SMILES string of the molecule is Nc1ccc(-c2ccc(-c3ccc(N)cc3)[te]2)cc1. The molecule has 0 amide bonds. The van der Waals surface area contributed by atoms with Gasteiger partial charge in [-0.3, -0.25) is 0 Å². The van der Waals surface area contributed by atoms with Gasteiger partial charge in [-0.1, -0.05) is 0 Å². The summed E-state index contributed by atoms with van der Waals surface area (Å²) in [4.78, 5) is 0. The summed E-state index contributed by atoms with van der Waals surface area (Å²) in [5, 5.41) is 0. The summed E-state index contributed by atoms with van der Waals surface area (Å²) in [5.41, 5.74) is 15.7. The van der Waals surface area contributed by atoms with Gasteiger partial charge in [0.2, 0.25) is 0 Å². The van der Waals surface area contributed by atoms with Crippen molar-refractivity contribution in [1.82, 2.24) is 0 Å². The maximum atomic E-state index is 5.72. The van der Waals surface area contributed by atoms with Crippen molar-refractivity contribution in [2.24, 2.45) is 0 Å². The van der Waals surface area contributed by atoms with E-state index < -0.39 is 0 Å². The number of benzene rings is 2. The fourth-order valence-electron chi connectivity index (χ4n) is 1.94. The van der Waals surface area contributed by atoms with E-state index in [-0.39, 0.29) is 20.4 Å². The van der Waals surface area contributed by atoms with Crippen molar-refractivity contribution in [3.63, 3.8) is 0 Å². The van der Waals surface area contributed by atoms with Gasteiger partial charge in [0.25, 0.3) is 0 Å². The van der Waals surface area contributed by atoms with Crippen LogP contribution in [0.2, 0.25) is 0 Å². The summed E-state index contributed by atoms with van der Waals surface area (Å²) < 4.78 is 2.91. The van der Waals surface area contributed by atoms with Crippen LogP contribution in [-0.4, -0.2) is 20.4 Å². The Morgan fingerprint density at radius 1 is 0.526 bits per heavy atom. The van der Waals surface area contributed by atoms with E-state index in [0.717, 1.165) is 11.4 Å². The molecule has 3 aromatic rings. The summed E-state index contributed by atoms with van der Waals surface area (Å²) >= 11 is -0.322. The number of hydrogen-bond acceptors (Lipinski definition) is 2. The van der Waals surface area contributed by atoms with E-state index in [1.54, 1.807) is 0 Å². The van der Waals surface area contributed by atoms with Crippen molar-refractivity contribution in [3.05, 3.63) is 60.7 Å². The van der Waals surface area contributed by atoms with Crippen molar-refractivity contribution >= 4 is 31.8 Å². The van der Waals surface area contributed by atoms with Crippen LogP contribution in [0.25, 0.3) is 18.3 Å². The molecule has 19 heavy (non-hydrogen) atoms. The molecular formula is C16H14N2Te. The first-order chi connectivity index (χ1) is 9.22. The molecule has 0 atom stereocenters. The van der Waals surface area contributed by atoms with Crippen LogP contribution in [-0.2, 0) is 0 Å². The van der Waals surface area contributed by atoms with Crippen molar-refractivity contribution in [3.8, 4) is 18.3 Å². The molecule has 0 unspecified atom stereocenters. The molecule has 0 spiro atoms. The molecule has 2 nitrogen and oxygen atoms in total. The zero-order valence-electron chi connectivity index (χ0n) is 10.3. The Balaban J connectivity index is 1.95. The molecule has 4 N–H and O–H groups in total. The Bertz CT molecular complexity index is 622. The van der Waals surface area contributed by atoms with Crippen LogP contribution in [0.1, 0.15) is 0 Å². The van der Waals surface area contributed by atoms with Crippen LogP contribution in [0.5, 0.6) is 0 Å². The van der Waals surface area contributed by atoms with Crippen LogP contribution in [0.3, 0.4) is 0 Å². The van der Waals surface area contributed by atoms with Crippen LogP contribution >= 0.6 is 0 Å². The second-order valence-electron chi connectivity index (χ2n) is 4.41. The van der Waals surface area contributed by atoms with Gasteiger partial charge >= 0.3 is 122 Å². The molecule has 0 aliphatic carbocycles. The zero-order chi connectivity index (χ0) is 13.2. The predicted molar refractivity (Wildman–Crippen MR) is 83.1 cm³/mol. The second-order valence-corrected chi connectivity index (χ2v) is 7.50. The third-order valence-electron chi connectivity index (χ3n) is 3.00. The van der Waals surface area contributed by atoms with E-state index in [1.165, 1.54) is 18.3 Å². The molecule has 1 heterocycles. The Morgan fingerprint density at radius 3 is 1.26 bits per heavy atom. The van der Waals surface area contributed by atoms with E-state index in [1.807, 2.05) is 24.3 Å². The molecule has 0 aliphatic heterocycles. The third-order valence-corrected chi connectivity index (χ3v) is 6.37. The van der Waals surface area contributed by atoms with Crippen molar-refractivity contribution in [2.75, 3.05) is 11.5 Å². The standard InChI is InChI=1S/C16H14N2Te/c17-13-5-1-11(2-6-13)15-9-10-16(19-15)12-3-7-14(18)8-4-12/h1-10H,17-18H2. The van der Waals surface area contributed by atoms with Gasteiger partial charge in [-0.25, -0.2) is 0 Å². The van der Waals surface area contributed by atoms with E-state index in [4.69, 9.17) is 11.5 Å². The van der Waals surface area contributed by atoms with Crippen LogP contribution in [0.4, 0.5) is 11.4 Å². The summed E-state index contributed by atoms with van der Waals surface area (Å²) in [6, 6.07) is 20.7. The number of nitrogens with two attached hydrogens (primary N) is 2. The fraction of sp³-hybridized carbons (Fsp3) is 0. The van der Waals surface area contributed by atoms with Crippen molar-refractivity contribution in [1.29, 1.82) is 0 Å². The normalized spacial score (nSPS) is 10.5. The van der Waals surface area contributed by atoms with Gasteiger partial charge in [-0.2, -0.15) is 0 Å². The number of anilines is 2. The first-order valence-electron chi connectivity index (χ1n) is 6.04. The Labute approximate surface area is 122 Å². The number of hydrogen-bond donors (Lipinski definition) is 2. The minimum absolute atomic E-state index is 0.322. The van der Waals surface area contributed by atoms with Crippen molar-refractivity contribution in [2.45, 2.75) is 0 Å². The molecule has 0 saturated heterocycles. The molecule has 0 radical (unpaired) electrons. The Morgan fingerprint density at radius 2 is 0.895 bits per heavy atom. The molecule has 3 rings (SSSR count). The average molecular weight is 362 g/mol. The van der Waals surface area contributed by atoms with Gasteiger partial charge in [0.15, 0.2) is 0 Å². The number of nitrogen functional groups attached to an aromatic ring is 2. The van der Waals surface area contributed by atoms with E-state index >= 15 is 0 Å². The van der Waals surface area contributed by atoms with Gasteiger partial charge < -0.3 is 0 Å². The minimum atomic E-state index is -0.322. The molecule has 0 saturated carbocycles. The summed E-state index contributed by atoms with van der Waals surface area (Å²) in [7, 11) is 0. The van der Waals surface area contributed by atoms with Gasteiger partial charge in [-0.05, 0) is 0 Å². The van der Waals surface area contributed by atoms with E-state index in [0.29, 0.717) is 0 Å². The summed E-state index contributed by atoms with van der Waals surface area (Å²) in [6.07, 6.45) is 0. The Kier molecular flexibility index (Phi) is 3.33. The molecule has 0 fully saturated rings. The first-order valence-corrected chi connectivity index (χ1v) is 8.37. The fourth-order valence-corrected chi connectivity index (χ4v) is 4.85. The second kappa shape index (κ2) is 5.13. The summed E-state index contributed by atoms with van der Waals surface area (Å²) in [6.45, 7) is 0. The van der Waals surface area contributed by atoms with Crippen LogP contribution < -0.4 is 11.5 Å². The van der Waals surface area contributed by atoms with Gasteiger partial charge in [0.1, 0.15) is 0 Å². The van der Waals surface area contributed by atoms with Gasteiger partial charge in [-0.15, -0.1) is 0 Å². The monoisotopic (exact) mass is 364 g/mol. The average Bonchev–Trinajstić information content (AvgIpc) is 2.90. The Hall–Kier alpha value is -1.69. The molecular weight excluding hydrogens is 348 g/mol. The molecule has 0 aliphatic rings. The maximum absolute atomic E-state index is 5.72. The molecule has 1 aromatic heterocycles. The molecule has 94 valence electrons. The number of rotatable bonds is 2. The van der Waals surface area contributed by atoms with E-state index in [9.17, 15) is 0 Å². The summed E-state index contributed by atoms with van der Waals surface area (Å²) in [5.74, 6) is 0. The molecule has 2 aromatic carbocycles. The van der Waals surface area contributed by atoms with Crippen molar-refractivity contribution < 1.29 is 0 Å². The van der Waals surface area contributed by atoms with Gasteiger partial charge in [0, 0.05) is 0 Å².